The monoisotopic (exact) mass is 478 g/mol. The number of methoxy groups -OCH3 is 2. The molecular formula is C25H34N8O2. The van der Waals surface area contributed by atoms with Crippen LogP contribution in [0.15, 0.2) is 54.3 Å². The van der Waals surface area contributed by atoms with Gasteiger partial charge >= 0.3 is 0 Å². The fourth-order valence-corrected chi connectivity index (χ4v) is 4.29. The summed E-state index contributed by atoms with van der Waals surface area (Å²) < 4.78 is 13.2. The lowest BCUT2D eigenvalue weighted by Crippen LogP contribution is -2.57. The molecule has 2 atom stereocenters. The second-order valence-electron chi connectivity index (χ2n) is 8.96. The molecule has 0 aliphatic heterocycles. The van der Waals surface area contributed by atoms with Gasteiger partial charge in [0.25, 0.3) is 0 Å². The summed E-state index contributed by atoms with van der Waals surface area (Å²) in [6, 6.07) is 3.78. The lowest BCUT2D eigenvalue weighted by atomic mass is 9.82. The van der Waals surface area contributed by atoms with Crippen molar-refractivity contribution < 1.29 is 9.47 Å². The van der Waals surface area contributed by atoms with Crippen LogP contribution in [0.1, 0.15) is 6.42 Å². The average Bonchev–Trinajstić information content (AvgIpc) is 3.23. The van der Waals surface area contributed by atoms with E-state index in [-0.39, 0.29) is 6.04 Å². The predicted molar refractivity (Wildman–Crippen MR) is 138 cm³/mol. The summed E-state index contributed by atoms with van der Waals surface area (Å²) in [5.41, 5.74) is 9.29. The summed E-state index contributed by atoms with van der Waals surface area (Å²) in [5, 5.41) is 7.71. The van der Waals surface area contributed by atoms with Crippen molar-refractivity contribution in [1.82, 2.24) is 29.7 Å². The smallest absolute Gasteiger partial charge is 0.228 e. The van der Waals surface area contributed by atoms with Gasteiger partial charge in [-0.25, -0.2) is 15.0 Å². The summed E-state index contributed by atoms with van der Waals surface area (Å²) >= 11 is 0. The zero-order chi connectivity index (χ0) is 25.2. The Balaban J connectivity index is 1.66. The van der Waals surface area contributed by atoms with E-state index in [0.717, 1.165) is 29.6 Å². The number of hydrogen-bond acceptors (Lipinski definition) is 9. The minimum absolute atomic E-state index is 0.281. The molecule has 2 unspecified atom stereocenters. The number of fused-ring (bicyclic) bond motifs is 1. The Morgan fingerprint density at radius 2 is 2.00 bits per heavy atom. The third-order valence-electron chi connectivity index (χ3n) is 6.46. The number of anilines is 1. The minimum Gasteiger partial charge on any atom is -0.495 e. The molecule has 0 radical (unpaired) electrons. The van der Waals surface area contributed by atoms with Gasteiger partial charge in [-0.05, 0) is 58.4 Å². The zero-order valence-corrected chi connectivity index (χ0v) is 21.2. The number of aryl methyl sites for hydroxylation is 1. The number of ether oxygens (including phenoxy) is 2. The molecule has 0 amide bonds. The Bertz CT molecular complexity index is 1270. The highest BCUT2D eigenvalue weighted by molar-refractivity contribution is 5.82. The van der Waals surface area contributed by atoms with Crippen LogP contribution in [-0.2, 0) is 11.8 Å². The number of rotatable bonds is 9. The van der Waals surface area contributed by atoms with Crippen molar-refractivity contribution in [3.05, 3.63) is 54.3 Å². The van der Waals surface area contributed by atoms with E-state index in [1.807, 2.05) is 63.2 Å². The van der Waals surface area contributed by atoms with Crippen molar-refractivity contribution in [2.24, 2.45) is 12.8 Å². The summed E-state index contributed by atoms with van der Waals surface area (Å²) in [7, 11) is 11.2. The van der Waals surface area contributed by atoms with Gasteiger partial charge in [-0.2, -0.15) is 0 Å². The molecule has 0 spiro atoms. The maximum Gasteiger partial charge on any atom is 0.228 e. The van der Waals surface area contributed by atoms with E-state index in [9.17, 15) is 0 Å². The topological polar surface area (TPSA) is 115 Å². The van der Waals surface area contributed by atoms with Crippen LogP contribution in [-0.4, -0.2) is 77.9 Å². The van der Waals surface area contributed by atoms with Crippen LogP contribution in [0.2, 0.25) is 0 Å². The van der Waals surface area contributed by atoms with Crippen molar-refractivity contribution in [3.63, 3.8) is 0 Å². The van der Waals surface area contributed by atoms with Gasteiger partial charge in [-0.15, -0.1) is 0 Å². The SMILES string of the molecule is CNC1(CCN(C)C)C=C(OC)C(Nc2ncc(OC)c(-c3cnc4c(ccn4C)c3)n2)=CC1N. The molecule has 0 aromatic carbocycles. The molecule has 186 valence electrons. The minimum atomic E-state index is -0.427. The molecule has 3 aromatic heterocycles. The number of hydrogen-bond donors (Lipinski definition) is 3. The van der Waals surface area contributed by atoms with Gasteiger partial charge in [0.05, 0.1) is 31.7 Å². The molecule has 35 heavy (non-hydrogen) atoms. The van der Waals surface area contributed by atoms with Crippen LogP contribution in [0.3, 0.4) is 0 Å². The third kappa shape index (κ3) is 4.86. The van der Waals surface area contributed by atoms with Gasteiger partial charge in [-0.3, -0.25) is 0 Å². The molecule has 10 heteroatoms. The number of nitrogens with two attached hydrogens (primary N) is 1. The number of aromatic nitrogens is 4. The van der Waals surface area contributed by atoms with Crippen LogP contribution in [0, 0.1) is 0 Å². The summed E-state index contributed by atoms with van der Waals surface area (Å²) in [6.45, 7) is 0.878. The quantitative estimate of drug-likeness (QED) is 0.425. The first-order valence-electron chi connectivity index (χ1n) is 11.5. The lowest BCUT2D eigenvalue weighted by molar-refractivity contribution is 0.260. The highest BCUT2D eigenvalue weighted by Gasteiger charge is 2.37. The molecule has 0 saturated heterocycles. The van der Waals surface area contributed by atoms with Crippen LogP contribution < -0.4 is 21.1 Å². The van der Waals surface area contributed by atoms with Gasteiger partial charge in [0.15, 0.2) is 5.75 Å². The third-order valence-corrected chi connectivity index (χ3v) is 6.46. The second kappa shape index (κ2) is 10.0. The van der Waals surface area contributed by atoms with E-state index in [2.05, 4.69) is 25.5 Å². The molecule has 4 rings (SSSR count). The number of nitrogens with one attached hydrogen (secondary N) is 2. The van der Waals surface area contributed by atoms with Crippen molar-refractivity contribution in [3.8, 4) is 17.0 Å². The Morgan fingerprint density at radius 3 is 2.69 bits per heavy atom. The normalized spacial score (nSPS) is 20.1. The van der Waals surface area contributed by atoms with Crippen LogP contribution in [0.4, 0.5) is 5.95 Å². The van der Waals surface area contributed by atoms with E-state index >= 15 is 0 Å². The molecule has 3 heterocycles. The molecule has 0 fully saturated rings. The van der Waals surface area contributed by atoms with E-state index in [0.29, 0.717) is 28.8 Å². The Kier molecular flexibility index (Phi) is 7.06. The Labute approximate surface area is 205 Å². The summed E-state index contributed by atoms with van der Waals surface area (Å²) in [6.07, 6.45) is 10.2. The maximum atomic E-state index is 6.62. The highest BCUT2D eigenvalue weighted by Crippen LogP contribution is 2.32. The van der Waals surface area contributed by atoms with Gasteiger partial charge < -0.3 is 35.3 Å². The van der Waals surface area contributed by atoms with Crippen molar-refractivity contribution >= 4 is 17.0 Å². The average molecular weight is 479 g/mol. The largest absolute Gasteiger partial charge is 0.495 e. The van der Waals surface area contributed by atoms with Crippen molar-refractivity contribution in [1.29, 1.82) is 0 Å². The first-order valence-corrected chi connectivity index (χ1v) is 11.5. The number of likely N-dealkylation sites (N-methyl/N-ethyl adjacent to an activating group) is 1. The lowest BCUT2D eigenvalue weighted by Gasteiger charge is -2.39. The molecule has 0 saturated carbocycles. The van der Waals surface area contributed by atoms with Gasteiger partial charge in [0.2, 0.25) is 5.95 Å². The molecule has 0 bridgehead atoms. The van der Waals surface area contributed by atoms with E-state index in [1.54, 1.807) is 26.6 Å². The fraction of sp³-hybridized carbons (Fsp3) is 0.400. The zero-order valence-electron chi connectivity index (χ0n) is 21.2. The van der Waals surface area contributed by atoms with Crippen LogP contribution in [0.5, 0.6) is 5.75 Å². The van der Waals surface area contributed by atoms with E-state index in [1.165, 1.54) is 0 Å². The van der Waals surface area contributed by atoms with Crippen molar-refractivity contribution in [2.75, 3.05) is 47.2 Å². The van der Waals surface area contributed by atoms with E-state index < -0.39 is 5.54 Å². The predicted octanol–water partition coefficient (Wildman–Crippen LogP) is 2.12. The fourth-order valence-electron chi connectivity index (χ4n) is 4.29. The highest BCUT2D eigenvalue weighted by atomic mass is 16.5. The molecule has 4 N–H and O–H groups in total. The number of pyridine rings is 1. The molecule has 10 nitrogen and oxygen atoms in total. The second-order valence-corrected chi connectivity index (χ2v) is 8.96. The Hall–Kier alpha value is -3.47. The van der Waals surface area contributed by atoms with Crippen LogP contribution >= 0.6 is 0 Å². The number of nitrogens with zero attached hydrogens (tertiary/aromatic N) is 5. The Morgan fingerprint density at radius 1 is 1.20 bits per heavy atom. The maximum absolute atomic E-state index is 6.62. The van der Waals surface area contributed by atoms with Crippen LogP contribution in [0.25, 0.3) is 22.3 Å². The van der Waals surface area contributed by atoms with Gasteiger partial charge in [0, 0.05) is 36.4 Å². The summed E-state index contributed by atoms with van der Waals surface area (Å²) in [4.78, 5) is 15.9. The standard InChI is InChI=1S/C25H34N8O2/c1-27-25(8-10-32(2)3)13-19(34-5)18(12-21(25)26)30-24-29-15-20(35-6)22(31-24)17-11-16-7-9-33(4)23(16)28-14-17/h7,9,11-15,21,27H,8,10,26H2,1-6H3,(H,29,30,31). The van der Waals surface area contributed by atoms with Gasteiger partial charge in [0.1, 0.15) is 17.1 Å². The van der Waals surface area contributed by atoms with Gasteiger partial charge in [-0.1, -0.05) is 0 Å². The van der Waals surface area contributed by atoms with E-state index in [4.69, 9.17) is 20.2 Å². The molecule has 1 aliphatic carbocycles. The molecule has 3 aromatic rings. The first-order chi connectivity index (χ1) is 16.8. The first kappa shape index (κ1) is 24.6. The molecule has 1 aliphatic rings. The summed E-state index contributed by atoms with van der Waals surface area (Å²) in [5.74, 6) is 1.64. The molecular weight excluding hydrogens is 444 g/mol. The van der Waals surface area contributed by atoms with Crippen molar-refractivity contribution in [2.45, 2.75) is 18.0 Å².